The van der Waals surface area contributed by atoms with Gasteiger partial charge in [-0.2, -0.15) is 0 Å². The first kappa shape index (κ1) is 12.4. The quantitative estimate of drug-likeness (QED) is 0.750. The van der Waals surface area contributed by atoms with Crippen LogP contribution in [0.25, 0.3) is 0 Å². The fourth-order valence-electron chi connectivity index (χ4n) is 1.92. The molecule has 0 aliphatic carbocycles. The fourth-order valence-corrected chi connectivity index (χ4v) is 2.12. The Morgan fingerprint density at radius 1 is 1.41 bits per heavy atom. The minimum absolute atomic E-state index is 0.0499. The van der Waals surface area contributed by atoms with Gasteiger partial charge in [-0.3, -0.25) is 4.79 Å². The smallest absolute Gasteiger partial charge is 0.256 e. The van der Waals surface area contributed by atoms with E-state index in [0.717, 1.165) is 0 Å². The maximum atomic E-state index is 13.5. The minimum Gasteiger partial charge on any atom is -0.393 e. The second-order valence-corrected chi connectivity index (χ2v) is 4.70. The number of piperidine rings is 1. The van der Waals surface area contributed by atoms with Crippen LogP contribution in [0.1, 0.15) is 23.2 Å². The summed E-state index contributed by atoms with van der Waals surface area (Å²) >= 11 is 4.10. The number of halogens is 1. The summed E-state index contributed by atoms with van der Waals surface area (Å²) in [5, 5.41) is 9.35. The lowest BCUT2D eigenvalue weighted by molar-refractivity contribution is 0.0542. The minimum atomic E-state index is -0.529. The van der Waals surface area contributed by atoms with Gasteiger partial charge >= 0.3 is 0 Å². The van der Waals surface area contributed by atoms with Crippen molar-refractivity contribution >= 4 is 18.5 Å². The number of aliphatic hydroxyl groups is 1. The van der Waals surface area contributed by atoms with Crippen molar-refractivity contribution in [1.29, 1.82) is 0 Å². The second kappa shape index (κ2) is 5.06. The molecule has 3 nitrogen and oxygen atoms in total. The number of hydrogen-bond acceptors (Lipinski definition) is 3. The van der Waals surface area contributed by atoms with Crippen LogP contribution in [0.3, 0.4) is 0 Å². The molecule has 1 heterocycles. The van der Waals surface area contributed by atoms with E-state index in [1.54, 1.807) is 4.90 Å². The van der Waals surface area contributed by atoms with Crippen LogP contribution in [0.15, 0.2) is 23.1 Å². The van der Waals surface area contributed by atoms with E-state index in [4.69, 9.17) is 0 Å². The molecule has 1 aromatic carbocycles. The lowest BCUT2D eigenvalue weighted by Gasteiger charge is -2.29. The van der Waals surface area contributed by atoms with Crippen LogP contribution in [0.2, 0.25) is 0 Å². The zero-order valence-corrected chi connectivity index (χ0v) is 10.2. The number of thiol groups is 1. The molecule has 1 aromatic rings. The summed E-state index contributed by atoms with van der Waals surface area (Å²) in [6, 6.07) is 4.19. The number of likely N-dealkylation sites (tertiary alicyclic amines) is 1. The van der Waals surface area contributed by atoms with Crippen molar-refractivity contribution in [2.75, 3.05) is 13.1 Å². The van der Waals surface area contributed by atoms with Crippen molar-refractivity contribution in [2.24, 2.45) is 0 Å². The van der Waals surface area contributed by atoms with Gasteiger partial charge in [0.2, 0.25) is 0 Å². The van der Waals surface area contributed by atoms with Gasteiger partial charge in [0.25, 0.3) is 5.91 Å². The highest BCUT2D eigenvalue weighted by Crippen LogP contribution is 2.18. The number of benzene rings is 1. The highest BCUT2D eigenvalue weighted by atomic mass is 32.1. The van der Waals surface area contributed by atoms with E-state index in [-0.39, 0.29) is 17.6 Å². The summed E-state index contributed by atoms with van der Waals surface area (Å²) in [4.78, 5) is 14.2. The second-order valence-electron chi connectivity index (χ2n) is 4.19. The molecule has 1 saturated heterocycles. The highest BCUT2D eigenvalue weighted by molar-refractivity contribution is 7.80. The van der Waals surface area contributed by atoms with Gasteiger partial charge in [-0.25, -0.2) is 4.39 Å². The lowest BCUT2D eigenvalue weighted by Crippen LogP contribution is -2.40. The average Bonchev–Trinajstić information content (AvgIpc) is 2.32. The molecule has 5 heteroatoms. The molecule has 0 bridgehead atoms. The van der Waals surface area contributed by atoms with Gasteiger partial charge in [0.05, 0.1) is 11.7 Å². The molecule has 92 valence electrons. The Balaban J connectivity index is 2.16. The van der Waals surface area contributed by atoms with Gasteiger partial charge in [0.1, 0.15) is 5.82 Å². The lowest BCUT2D eigenvalue weighted by atomic mass is 10.1. The van der Waals surface area contributed by atoms with Crippen LogP contribution in [0, 0.1) is 5.82 Å². The Morgan fingerprint density at radius 3 is 2.71 bits per heavy atom. The molecule has 1 fully saturated rings. The SMILES string of the molecule is O=C(c1cc(S)ccc1F)N1CCC(O)CC1. The van der Waals surface area contributed by atoms with E-state index in [1.807, 2.05) is 0 Å². The van der Waals surface area contributed by atoms with Crippen LogP contribution in [0.4, 0.5) is 4.39 Å². The third kappa shape index (κ3) is 2.79. The van der Waals surface area contributed by atoms with E-state index in [2.05, 4.69) is 12.6 Å². The van der Waals surface area contributed by atoms with E-state index < -0.39 is 5.82 Å². The molecule has 0 radical (unpaired) electrons. The molecule has 0 spiro atoms. The number of aliphatic hydroxyl groups excluding tert-OH is 1. The maximum Gasteiger partial charge on any atom is 0.256 e. The molecule has 0 unspecified atom stereocenters. The average molecular weight is 255 g/mol. The number of carbonyl (C=O) groups excluding carboxylic acids is 1. The first-order valence-corrected chi connectivity index (χ1v) is 5.98. The number of rotatable bonds is 1. The third-order valence-electron chi connectivity index (χ3n) is 2.93. The van der Waals surface area contributed by atoms with Gasteiger partial charge in [-0.15, -0.1) is 12.6 Å². The fraction of sp³-hybridized carbons (Fsp3) is 0.417. The molecule has 1 aliphatic heterocycles. The summed E-state index contributed by atoms with van der Waals surface area (Å²) in [5.41, 5.74) is 0.0499. The Labute approximate surface area is 105 Å². The van der Waals surface area contributed by atoms with Crippen molar-refractivity contribution in [2.45, 2.75) is 23.8 Å². The molecular weight excluding hydrogens is 241 g/mol. The maximum absolute atomic E-state index is 13.5. The van der Waals surface area contributed by atoms with Crippen molar-refractivity contribution in [3.8, 4) is 0 Å². The number of amides is 1. The summed E-state index contributed by atoms with van der Waals surface area (Å²) in [5.74, 6) is -0.857. The molecule has 2 rings (SSSR count). The molecule has 0 atom stereocenters. The van der Waals surface area contributed by atoms with Crippen LogP contribution < -0.4 is 0 Å². The van der Waals surface area contributed by atoms with Crippen LogP contribution >= 0.6 is 12.6 Å². The summed E-state index contributed by atoms with van der Waals surface area (Å²) in [6.07, 6.45) is 0.752. The Hall–Kier alpha value is -1.07. The van der Waals surface area contributed by atoms with Gasteiger partial charge in [-0.05, 0) is 31.0 Å². The zero-order chi connectivity index (χ0) is 12.4. The summed E-state index contributed by atoms with van der Waals surface area (Å²) in [7, 11) is 0. The largest absolute Gasteiger partial charge is 0.393 e. The molecule has 1 aliphatic rings. The first-order chi connectivity index (χ1) is 8.08. The zero-order valence-electron chi connectivity index (χ0n) is 9.27. The number of hydrogen-bond donors (Lipinski definition) is 2. The molecule has 0 saturated carbocycles. The Kier molecular flexibility index (Phi) is 3.69. The normalized spacial score (nSPS) is 17.2. The molecule has 1 amide bonds. The standard InChI is InChI=1S/C12H14FNO2S/c13-11-2-1-9(17)7-10(11)12(16)14-5-3-8(15)4-6-14/h1-2,7-8,15,17H,3-6H2. The van der Waals surface area contributed by atoms with Crippen LogP contribution in [-0.4, -0.2) is 35.1 Å². The van der Waals surface area contributed by atoms with Crippen molar-refractivity contribution < 1.29 is 14.3 Å². The van der Waals surface area contributed by atoms with Gasteiger partial charge in [0, 0.05) is 18.0 Å². The van der Waals surface area contributed by atoms with E-state index >= 15 is 0 Å². The molecule has 0 aromatic heterocycles. The van der Waals surface area contributed by atoms with E-state index in [9.17, 15) is 14.3 Å². The topological polar surface area (TPSA) is 40.5 Å². The van der Waals surface area contributed by atoms with Crippen molar-refractivity contribution in [3.63, 3.8) is 0 Å². The Morgan fingerprint density at radius 2 is 2.06 bits per heavy atom. The van der Waals surface area contributed by atoms with Crippen LogP contribution in [-0.2, 0) is 0 Å². The molecule has 17 heavy (non-hydrogen) atoms. The first-order valence-electron chi connectivity index (χ1n) is 5.54. The van der Waals surface area contributed by atoms with Crippen molar-refractivity contribution in [1.82, 2.24) is 4.90 Å². The van der Waals surface area contributed by atoms with E-state index in [1.165, 1.54) is 18.2 Å². The van der Waals surface area contributed by atoms with Crippen LogP contribution in [0.5, 0.6) is 0 Å². The monoisotopic (exact) mass is 255 g/mol. The van der Waals surface area contributed by atoms with Gasteiger partial charge in [-0.1, -0.05) is 0 Å². The third-order valence-corrected chi connectivity index (χ3v) is 3.21. The Bertz CT molecular complexity index is 431. The summed E-state index contributed by atoms with van der Waals surface area (Å²) in [6.45, 7) is 0.937. The molecule has 1 N–H and O–H groups in total. The summed E-state index contributed by atoms with van der Waals surface area (Å²) < 4.78 is 13.5. The highest BCUT2D eigenvalue weighted by Gasteiger charge is 2.24. The van der Waals surface area contributed by atoms with Gasteiger partial charge in [0.15, 0.2) is 0 Å². The molecular formula is C12H14FNO2S. The predicted octanol–water partition coefficient (Wildman–Crippen LogP) is 1.71. The van der Waals surface area contributed by atoms with Gasteiger partial charge < -0.3 is 10.0 Å². The number of nitrogens with zero attached hydrogens (tertiary/aromatic N) is 1. The van der Waals surface area contributed by atoms with E-state index in [0.29, 0.717) is 30.8 Å². The predicted molar refractivity (Wildman–Crippen MR) is 64.8 cm³/mol. The van der Waals surface area contributed by atoms with Crippen molar-refractivity contribution in [3.05, 3.63) is 29.6 Å². The number of carbonyl (C=O) groups is 1.